The average molecular weight is 415 g/mol. The van der Waals surface area contributed by atoms with Crippen LogP contribution in [-0.4, -0.2) is 53.6 Å². The van der Waals surface area contributed by atoms with Crippen LogP contribution in [0, 0.1) is 11.3 Å². The van der Waals surface area contributed by atoms with Crippen molar-refractivity contribution in [3.8, 4) is 6.07 Å². The monoisotopic (exact) mass is 415 g/mol. The molecule has 2 aliphatic heterocycles. The second-order valence-electron chi connectivity index (χ2n) is 6.69. The van der Waals surface area contributed by atoms with Crippen LogP contribution in [0.1, 0.15) is 26.7 Å². The van der Waals surface area contributed by atoms with Crippen LogP contribution >= 0.6 is 0 Å². The molecule has 158 valence electrons. The molecule has 9 nitrogen and oxygen atoms in total. The van der Waals surface area contributed by atoms with Crippen molar-refractivity contribution in [1.29, 1.82) is 5.26 Å². The summed E-state index contributed by atoms with van der Waals surface area (Å²) in [6, 6.07) is 2.02. The molecule has 2 atom stereocenters. The van der Waals surface area contributed by atoms with Gasteiger partial charge in [0.05, 0.1) is 6.10 Å². The Morgan fingerprint density at radius 2 is 2.28 bits per heavy atom. The van der Waals surface area contributed by atoms with Crippen LogP contribution < -0.4 is 5.73 Å². The second-order valence-corrected chi connectivity index (χ2v) is 6.69. The van der Waals surface area contributed by atoms with Crippen LogP contribution in [0.25, 0.3) is 0 Å². The standard InChI is InChI=1S/C17H20F3N5O4/c1-4-5-12-13(22)23-10-24-25(12)16(9-21)7-6-11(28-16)8-27-14(26)29-15(2,3)17(18,19)20/h4-5,10-11H,1,6-8H2,2-3H3,(H2,22,23,24)/b12-5-. The molecule has 0 bridgehead atoms. The molecule has 0 saturated carbocycles. The third-order valence-corrected chi connectivity index (χ3v) is 4.22. The van der Waals surface area contributed by atoms with Crippen molar-refractivity contribution < 1.29 is 32.2 Å². The maximum absolute atomic E-state index is 12.8. The Labute approximate surface area is 164 Å². The number of alkyl halides is 3. The molecule has 2 aliphatic rings. The van der Waals surface area contributed by atoms with Crippen LogP contribution in [0.4, 0.5) is 18.0 Å². The number of hydrogen-bond donors (Lipinski definition) is 1. The normalized spacial score (nSPS) is 26.1. The molecule has 29 heavy (non-hydrogen) atoms. The number of nitrogens with zero attached hydrogens (tertiary/aromatic N) is 4. The summed E-state index contributed by atoms with van der Waals surface area (Å²) in [5.41, 5.74) is 1.84. The first-order chi connectivity index (χ1) is 13.5. The Morgan fingerprint density at radius 1 is 1.59 bits per heavy atom. The van der Waals surface area contributed by atoms with Gasteiger partial charge in [-0.15, -0.1) is 0 Å². The Hall–Kier alpha value is -3.07. The molecule has 2 heterocycles. The minimum absolute atomic E-state index is 0.0933. The quantitative estimate of drug-likeness (QED) is 0.685. The predicted molar refractivity (Wildman–Crippen MR) is 95.3 cm³/mol. The lowest BCUT2D eigenvalue weighted by atomic mass is 10.1. The maximum Gasteiger partial charge on any atom is 0.509 e. The van der Waals surface area contributed by atoms with Gasteiger partial charge in [-0.3, -0.25) is 0 Å². The van der Waals surface area contributed by atoms with Crippen molar-refractivity contribution in [1.82, 2.24) is 5.01 Å². The SMILES string of the molecule is C=C/C=C1/C(N)=NC=NN1C1(C#N)CCC(COC(=O)OC(C)(C)C(F)(F)F)O1. The molecule has 0 spiro atoms. The lowest BCUT2D eigenvalue weighted by Gasteiger charge is -2.35. The number of halogens is 3. The summed E-state index contributed by atoms with van der Waals surface area (Å²) in [6.07, 6.45) is -2.50. The molecule has 0 radical (unpaired) electrons. The molecule has 2 N–H and O–H groups in total. The van der Waals surface area contributed by atoms with E-state index in [1.165, 1.54) is 17.2 Å². The summed E-state index contributed by atoms with van der Waals surface area (Å²) in [4.78, 5) is 15.5. The van der Waals surface area contributed by atoms with Crippen molar-refractivity contribution in [2.45, 2.75) is 50.3 Å². The highest BCUT2D eigenvalue weighted by atomic mass is 19.4. The Kier molecular flexibility index (Phi) is 6.22. The van der Waals surface area contributed by atoms with Gasteiger partial charge < -0.3 is 19.9 Å². The van der Waals surface area contributed by atoms with Gasteiger partial charge in [0.25, 0.3) is 0 Å². The van der Waals surface area contributed by atoms with Crippen molar-refractivity contribution in [2.75, 3.05) is 6.61 Å². The average Bonchev–Trinajstić information content (AvgIpc) is 3.05. The zero-order valence-electron chi connectivity index (χ0n) is 15.8. The van der Waals surface area contributed by atoms with Gasteiger partial charge in [-0.25, -0.2) is 14.8 Å². The Balaban J connectivity index is 2.03. The summed E-state index contributed by atoms with van der Waals surface area (Å²) < 4.78 is 53.1. The Morgan fingerprint density at radius 3 is 2.86 bits per heavy atom. The largest absolute Gasteiger partial charge is 0.509 e. The summed E-state index contributed by atoms with van der Waals surface area (Å²) in [6.45, 7) is 4.57. The number of nitrogens with two attached hydrogens (primary N) is 1. The minimum atomic E-state index is -4.76. The maximum atomic E-state index is 12.8. The fourth-order valence-electron chi connectivity index (χ4n) is 2.54. The Bertz CT molecular complexity index is 800. The molecule has 0 aromatic carbocycles. The molecule has 12 heteroatoms. The first-order valence-corrected chi connectivity index (χ1v) is 8.46. The molecule has 1 saturated heterocycles. The first kappa shape index (κ1) is 22.2. The lowest BCUT2D eigenvalue weighted by Crippen LogP contribution is -2.48. The van der Waals surface area contributed by atoms with E-state index >= 15 is 0 Å². The van der Waals surface area contributed by atoms with Crippen LogP contribution in [0.15, 0.2) is 34.5 Å². The highest BCUT2D eigenvalue weighted by molar-refractivity contribution is 6.02. The summed E-state index contributed by atoms with van der Waals surface area (Å²) in [7, 11) is 0. The third-order valence-electron chi connectivity index (χ3n) is 4.22. The number of ether oxygens (including phenoxy) is 3. The first-order valence-electron chi connectivity index (χ1n) is 8.46. The van der Waals surface area contributed by atoms with E-state index in [9.17, 15) is 23.2 Å². The highest BCUT2D eigenvalue weighted by Crippen LogP contribution is 2.37. The number of amidine groups is 1. The summed E-state index contributed by atoms with van der Waals surface area (Å²) in [5.74, 6) is 0.0933. The predicted octanol–water partition coefficient (Wildman–Crippen LogP) is 2.57. The van der Waals surface area contributed by atoms with Gasteiger partial charge in [0.1, 0.15) is 24.7 Å². The lowest BCUT2D eigenvalue weighted by molar-refractivity contribution is -0.250. The molecule has 1 fully saturated rings. The van der Waals surface area contributed by atoms with Crippen LogP contribution in [0.2, 0.25) is 0 Å². The molecule has 0 aromatic rings. The number of hydrazone groups is 1. The van der Waals surface area contributed by atoms with Gasteiger partial charge in [-0.1, -0.05) is 12.7 Å². The summed E-state index contributed by atoms with van der Waals surface area (Å²) >= 11 is 0. The van der Waals surface area contributed by atoms with Gasteiger partial charge in [0.15, 0.2) is 5.84 Å². The number of carbonyl (C=O) groups is 1. The van der Waals surface area contributed by atoms with Crippen molar-refractivity contribution in [3.63, 3.8) is 0 Å². The van der Waals surface area contributed by atoms with Crippen molar-refractivity contribution in [3.05, 3.63) is 24.4 Å². The molecule has 2 rings (SSSR count). The molecule has 2 unspecified atom stereocenters. The van der Waals surface area contributed by atoms with Gasteiger partial charge >= 0.3 is 12.3 Å². The van der Waals surface area contributed by atoms with E-state index in [1.54, 1.807) is 0 Å². The molecular weight excluding hydrogens is 395 g/mol. The van der Waals surface area contributed by atoms with Gasteiger partial charge in [-0.05, 0) is 26.3 Å². The number of hydrogen-bond acceptors (Lipinski definition) is 9. The summed E-state index contributed by atoms with van der Waals surface area (Å²) in [5, 5.41) is 15.0. The smallest absolute Gasteiger partial charge is 0.432 e. The zero-order chi connectivity index (χ0) is 21.9. The van der Waals surface area contributed by atoms with E-state index in [4.69, 9.17) is 15.2 Å². The molecule has 0 amide bonds. The van der Waals surface area contributed by atoms with Crippen LogP contribution in [0.5, 0.6) is 0 Å². The van der Waals surface area contributed by atoms with E-state index in [-0.39, 0.29) is 24.4 Å². The minimum Gasteiger partial charge on any atom is -0.432 e. The number of nitriles is 1. The van der Waals surface area contributed by atoms with E-state index < -0.39 is 36.4 Å². The highest BCUT2D eigenvalue weighted by Gasteiger charge is 2.52. The topological polar surface area (TPSA) is 123 Å². The van der Waals surface area contributed by atoms with E-state index in [2.05, 4.69) is 21.4 Å². The zero-order valence-corrected chi connectivity index (χ0v) is 15.8. The molecule has 0 aliphatic carbocycles. The number of rotatable bonds is 5. The van der Waals surface area contributed by atoms with Gasteiger partial charge in [0, 0.05) is 6.42 Å². The third kappa shape index (κ3) is 4.68. The fourth-order valence-corrected chi connectivity index (χ4v) is 2.54. The molecular formula is C17H20F3N5O4. The van der Waals surface area contributed by atoms with E-state index in [0.29, 0.717) is 13.8 Å². The van der Waals surface area contributed by atoms with Gasteiger partial charge in [-0.2, -0.15) is 23.5 Å². The van der Waals surface area contributed by atoms with E-state index in [0.717, 1.165) is 6.34 Å². The number of carbonyl (C=O) groups excluding carboxylic acids is 1. The number of aliphatic imine (C=N–C) groups is 1. The van der Waals surface area contributed by atoms with Gasteiger partial charge in [0.2, 0.25) is 11.3 Å². The van der Waals surface area contributed by atoms with Crippen molar-refractivity contribution in [2.24, 2.45) is 15.8 Å². The fraction of sp³-hybridized carbons (Fsp3) is 0.529. The second kappa shape index (κ2) is 8.12. The van der Waals surface area contributed by atoms with E-state index in [1.807, 2.05) is 6.07 Å². The number of allylic oxidation sites excluding steroid dienone is 2. The van der Waals surface area contributed by atoms with Crippen LogP contribution in [0.3, 0.4) is 0 Å². The van der Waals surface area contributed by atoms with Crippen LogP contribution in [-0.2, 0) is 14.2 Å². The molecule has 0 aromatic heterocycles. The van der Waals surface area contributed by atoms with Crippen molar-refractivity contribution >= 4 is 18.3 Å².